The van der Waals surface area contributed by atoms with E-state index in [0.717, 1.165) is 34.7 Å². The van der Waals surface area contributed by atoms with E-state index in [0.29, 0.717) is 0 Å². The van der Waals surface area contributed by atoms with Gasteiger partial charge in [0.05, 0.1) is 12.0 Å². The van der Waals surface area contributed by atoms with E-state index in [1.54, 1.807) is 18.4 Å². The monoisotopic (exact) mass is 261 g/mol. The van der Waals surface area contributed by atoms with E-state index < -0.39 is 0 Å². The second-order valence-electron chi connectivity index (χ2n) is 3.49. The minimum Gasteiger partial charge on any atom is -0.480 e. The molecule has 6 heteroatoms. The lowest BCUT2D eigenvalue weighted by Gasteiger charge is -2.05. The molecule has 0 amide bonds. The van der Waals surface area contributed by atoms with E-state index in [-0.39, 0.29) is 0 Å². The fraction of sp³-hybridized carbons (Fsp3) is 0.700. The van der Waals surface area contributed by atoms with E-state index in [1.165, 1.54) is 0 Å². The Labute approximate surface area is 105 Å². The summed E-state index contributed by atoms with van der Waals surface area (Å²) in [6.45, 7) is 1.84. The summed E-state index contributed by atoms with van der Waals surface area (Å²) in [5, 5.41) is 4.37. The largest absolute Gasteiger partial charge is 0.480 e. The third-order valence-electron chi connectivity index (χ3n) is 1.99. The van der Waals surface area contributed by atoms with Crippen LogP contribution >= 0.6 is 23.1 Å². The molecule has 0 saturated heterocycles. The van der Waals surface area contributed by atoms with Gasteiger partial charge in [0, 0.05) is 32.9 Å². The first-order valence-electron chi connectivity index (χ1n) is 5.09. The third kappa shape index (κ3) is 3.84. The van der Waals surface area contributed by atoms with Crippen molar-refractivity contribution in [3.63, 3.8) is 0 Å². The molecule has 1 aromatic heterocycles. The van der Waals surface area contributed by atoms with Crippen molar-refractivity contribution >= 4 is 28.2 Å². The first kappa shape index (κ1) is 13.6. The van der Waals surface area contributed by atoms with Gasteiger partial charge in [-0.1, -0.05) is 11.3 Å². The minimum atomic E-state index is 0.741. The Morgan fingerprint density at radius 3 is 2.81 bits per heavy atom. The van der Waals surface area contributed by atoms with Gasteiger partial charge in [-0.05, 0) is 6.26 Å². The number of nitrogens with zero attached hydrogens (tertiary/aromatic N) is 2. The second-order valence-corrected chi connectivity index (χ2v) is 5.54. The normalized spacial score (nSPS) is 10.5. The van der Waals surface area contributed by atoms with Gasteiger partial charge in [-0.15, -0.1) is 0 Å². The average molecular weight is 261 g/mol. The molecule has 0 unspecified atom stereocenters. The van der Waals surface area contributed by atoms with Crippen LogP contribution in [0.2, 0.25) is 0 Å². The van der Waals surface area contributed by atoms with Crippen molar-refractivity contribution in [2.24, 2.45) is 0 Å². The Balaban J connectivity index is 2.56. The Morgan fingerprint density at radius 1 is 1.50 bits per heavy atom. The van der Waals surface area contributed by atoms with Crippen molar-refractivity contribution in [1.82, 2.24) is 10.3 Å². The highest BCUT2D eigenvalue weighted by Gasteiger charge is 2.12. The molecule has 1 N–H and O–H groups in total. The maximum Gasteiger partial charge on any atom is 0.230 e. The minimum absolute atomic E-state index is 0.741. The van der Waals surface area contributed by atoms with Crippen molar-refractivity contribution in [3.8, 4) is 5.88 Å². The van der Waals surface area contributed by atoms with Crippen molar-refractivity contribution in [2.45, 2.75) is 6.54 Å². The Hall–Kier alpha value is -0.460. The molecule has 1 heterocycles. The van der Waals surface area contributed by atoms with E-state index in [9.17, 15) is 0 Å². The van der Waals surface area contributed by atoms with Gasteiger partial charge >= 0.3 is 0 Å². The zero-order valence-electron chi connectivity index (χ0n) is 10.2. The van der Waals surface area contributed by atoms with Crippen LogP contribution in [0.3, 0.4) is 0 Å². The van der Waals surface area contributed by atoms with E-state index in [4.69, 9.17) is 4.74 Å². The molecule has 0 atom stereocenters. The molecule has 0 bridgehead atoms. The molecule has 1 aromatic rings. The summed E-state index contributed by atoms with van der Waals surface area (Å²) in [6.07, 6.45) is 2.11. The van der Waals surface area contributed by atoms with Crippen LogP contribution in [0.25, 0.3) is 0 Å². The molecule has 0 aliphatic rings. The summed E-state index contributed by atoms with van der Waals surface area (Å²) in [5.41, 5.74) is 0. The molecule has 0 radical (unpaired) electrons. The fourth-order valence-corrected chi connectivity index (χ4v) is 2.43. The van der Waals surface area contributed by atoms with E-state index >= 15 is 0 Å². The average Bonchev–Trinajstić information content (AvgIpc) is 2.68. The topological polar surface area (TPSA) is 37.4 Å². The lowest BCUT2D eigenvalue weighted by molar-refractivity contribution is 0.395. The summed E-state index contributed by atoms with van der Waals surface area (Å²) in [4.78, 5) is 7.56. The number of anilines is 1. The Morgan fingerprint density at radius 2 is 2.25 bits per heavy atom. The van der Waals surface area contributed by atoms with Crippen LogP contribution in [0, 0.1) is 0 Å². The Bertz CT molecular complexity index is 315. The smallest absolute Gasteiger partial charge is 0.230 e. The van der Waals surface area contributed by atoms with Gasteiger partial charge in [0.25, 0.3) is 0 Å². The summed E-state index contributed by atoms with van der Waals surface area (Å²) in [6, 6.07) is 0. The molecular formula is C10H19N3OS2. The highest BCUT2D eigenvalue weighted by molar-refractivity contribution is 7.98. The number of thiazole rings is 1. The Kier molecular flexibility index (Phi) is 5.94. The highest BCUT2D eigenvalue weighted by Crippen LogP contribution is 2.29. The molecule has 0 aromatic carbocycles. The number of hydrogen-bond acceptors (Lipinski definition) is 6. The number of rotatable bonds is 7. The van der Waals surface area contributed by atoms with Crippen LogP contribution in [0.15, 0.2) is 0 Å². The van der Waals surface area contributed by atoms with Crippen LogP contribution in [-0.2, 0) is 6.54 Å². The summed E-state index contributed by atoms with van der Waals surface area (Å²) >= 11 is 3.51. The first-order chi connectivity index (χ1) is 7.69. The molecular weight excluding hydrogens is 242 g/mol. The lowest BCUT2D eigenvalue weighted by atomic mass is 10.5. The number of thioether (sulfide) groups is 1. The van der Waals surface area contributed by atoms with Crippen LogP contribution in [-0.4, -0.2) is 44.7 Å². The van der Waals surface area contributed by atoms with Gasteiger partial charge in [-0.25, -0.2) is 0 Å². The van der Waals surface area contributed by atoms with Gasteiger partial charge in [0.1, 0.15) is 0 Å². The van der Waals surface area contributed by atoms with Crippen LogP contribution < -0.4 is 15.0 Å². The van der Waals surface area contributed by atoms with Crippen LogP contribution in [0.1, 0.15) is 4.88 Å². The van der Waals surface area contributed by atoms with E-state index in [1.807, 2.05) is 30.8 Å². The molecule has 1 rings (SSSR count). The number of hydrogen-bond donors (Lipinski definition) is 1. The quantitative estimate of drug-likeness (QED) is 0.756. The van der Waals surface area contributed by atoms with Gasteiger partial charge in [0.15, 0.2) is 5.13 Å². The highest BCUT2D eigenvalue weighted by atomic mass is 32.2. The molecule has 0 aliphatic carbocycles. The lowest BCUT2D eigenvalue weighted by Crippen LogP contribution is -2.16. The molecule has 0 saturated carbocycles. The predicted molar refractivity (Wildman–Crippen MR) is 73.1 cm³/mol. The van der Waals surface area contributed by atoms with Crippen LogP contribution in [0.4, 0.5) is 5.13 Å². The van der Waals surface area contributed by atoms with Crippen molar-refractivity contribution < 1.29 is 4.74 Å². The second kappa shape index (κ2) is 6.98. The van der Waals surface area contributed by atoms with Gasteiger partial charge < -0.3 is 15.0 Å². The van der Waals surface area contributed by atoms with Crippen molar-refractivity contribution in [1.29, 1.82) is 0 Å². The van der Waals surface area contributed by atoms with Crippen molar-refractivity contribution in [3.05, 3.63) is 4.88 Å². The molecule has 0 aliphatic heterocycles. The number of nitrogens with one attached hydrogen (secondary N) is 1. The van der Waals surface area contributed by atoms with Gasteiger partial charge in [-0.2, -0.15) is 16.7 Å². The number of ether oxygens (including phenoxy) is 1. The molecule has 0 fully saturated rings. The third-order valence-corrected chi connectivity index (χ3v) is 3.81. The maximum absolute atomic E-state index is 5.26. The predicted octanol–water partition coefficient (Wildman–Crippen LogP) is 1.67. The first-order valence-corrected chi connectivity index (χ1v) is 7.30. The molecule has 4 nitrogen and oxygen atoms in total. The summed E-state index contributed by atoms with van der Waals surface area (Å²) < 4.78 is 5.26. The molecule has 16 heavy (non-hydrogen) atoms. The zero-order valence-corrected chi connectivity index (χ0v) is 11.9. The fourth-order valence-electron chi connectivity index (χ4n) is 1.16. The SMILES string of the molecule is COc1nc(N(C)C)sc1CNCCSC. The number of methoxy groups -OCH3 is 1. The van der Waals surface area contributed by atoms with Crippen LogP contribution in [0.5, 0.6) is 5.88 Å². The number of aromatic nitrogens is 1. The molecule has 92 valence electrons. The van der Waals surface area contributed by atoms with E-state index in [2.05, 4.69) is 16.6 Å². The van der Waals surface area contributed by atoms with Gasteiger partial charge in [-0.3, -0.25) is 0 Å². The zero-order chi connectivity index (χ0) is 12.0. The molecule has 0 spiro atoms. The standard InChI is InChI=1S/C10H19N3OS2/c1-13(2)10-12-9(14-3)8(16-10)7-11-5-6-15-4/h11H,5-7H2,1-4H3. The summed E-state index contributed by atoms with van der Waals surface area (Å²) in [5.74, 6) is 1.87. The van der Waals surface area contributed by atoms with Gasteiger partial charge in [0.2, 0.25) is 5.88 Å². The van der Waals surface area contributed by atoms with Crippen molar-refractivity contribution in [2.75, 3.05) is 44.7 Å². The summed E-state index contributed by atoms with van der Waals surface area (Å²) in [7, 11) is 5.65. The maximum atomic E-state index is 5.26.